The van der Waals surface area contributed by atoms with Gasteiger partial charge in [0, 0.05) is 43.4 Å². The third-order valence-electron chi connectivity index (χ3n) is 2.11. The van der Waals surface area contributed by atoms with Gasteiger partial charge in [0.1, 0.15) is 0 Å². The Kier molecular flexibility index (Phi) is 4.78. The minimum Gasteiger partial charge on any atom is -0.349 e. The topological polar surface area (TPSA) is 32.3 Å². The van der Waals surface area contributed by atoms with Crippen LogP contribution < -0.4 is 5.32 Å². The number of carbonyl (C=O) groups is 1. The third-order valence-corrected chi connectivity index (χ3v) is 3.11. The summed E-state index contributed by atoms with van der Waals surface area (Å²) in [7, 11) is 3.57. The molecule has 1 heterocycles. The zero-order valence-electron chi connectivity index (χ0n) is 9.54. The summed E-state index contributed by atoms with van der Waals surface area (Å²) in [6.07, 6.45) is 0.567. The molecule has 4 heteroatoms. The van der Waals surface area contributed by atoms with Crippen molar-refractivity contribution in [1.29, 1.82) is 0 Å². The molecule has 0 atom stereocenters. The van der Waals surface area contributed by atoms with Crippen molar-refractivity contribution in [2.45, 2.75) is 19.9 Å². The summed E-state index contributed by atoms with van der Waals surface area (Å²) >= 11 is 1.80. The van der Waals surface area contributed by atoms with Crippen LogP contribution in [0.3, 0.4) is 0 Å². The van der Waals surface area contributed by atoms with Crippen LogP contribution in [0.2, 0.25) is 0 Å². The number of amides is 1. The van der Waals surface area contributed by atoms with E-state index in [0.29, 0.717) is 6.42 Å². The summed E-state index contributed by atoms with van der Waals surface area (Å²) in [6, 6.07) is 4.24. The first-order chi connectivity index (χ1) is 7.09. The maximum atomic E-state index is 11.2. The molecular formula is C11H18N2OS. The molecule has 15 heavy (non-hydrogen) atoms. The first-order valence-electron chi connectivity index (χ1n) is 5.06. The van der Waals surface area contributed by atoms with Crippen LogP contribution in [-0.2, 0) is 11.3 Å². The van der Waals surface area contributed by atoms with Gasteiger partial charge in [-0.1, -0.05) is 0 Å². The average molecular weight is 226 g/mol. The van der Waals surface area contributed by atoms with Crippen molar-refractivity contribution in [2.75, 3.05) is 20.6 Å². The van der Waals surface area contributed by atoms with Crippen LogP contribution in [0.5, 0.6) is 0 Å². The van der Waals surface area contributed by atoms with Crippen molar-refractivity contribution in [2.24, 2.45) is 0 Å². The molecule has 0 saturated heterocycles. The van der Waals surface area contributed by atoms with Crippen molar-refractivity contribution in [3.05, 3.63) is 21.9 Å². The van der Waals surface area contributed by atoms with Crippen LogP contribution >= 0.6 is 11.3 Å². The van der Waals surface area contributed by atoms with Gasteiger partial charge in [0.15, 0.2) is 0 Å². The van der Waals surface area contributed by atoms with Crippen molar-refractivity contribution in [3.63, 3.8) is 0 Å². The fraction of sp³-hybridized carbons (Fsp3) is 0.545. The largest absolute Gasteiger partial charge is 0.349 e. The Labute approximate surface area is 95.1 Å². The number of carbonyl (C=O) groups excluding carboxylic acids is 1. The van der Waals surface area contributed by atoms with Crippen molar-refractivity contribution in [3.8, 4) is 0 Å². The first-order valence-corrected chi connectivity index (χ1v) is 5.87. The van der Waals surface area contributed by atoms with E-state index in [4.69, 9.17) is 0 Å². The molecule has 0 aliphatic carbocycles. The summed E-state index contributed by atoms with van der Waals surface area (Å²) in [5, 5.41) is 3.26. The molecule has 3 nitrogen and oxygen atoms in total. The summed E-state index contributed by atoms with van der Waals surface area (Å²) in [5.41, 5.74) is 0. The lowest BCUT2D eigenvalue weighted by Gasteiger charge is -2.09. The lowest BCUT2D eigenvalue weighted by molar-refractivity contribution is -0.128. The van der Waals surface area contributed by atoms with Crippen molar-refractivity contribution < 1.29 is 4.79 Å². The highest BCUT2D eigenvalue weighted by molar-refractivity contribution is 7.11. The number of rotatable bonds is 5. The number of hydrogen-bond acceptors (Lipinski definition) is 3. The number of hydrogen-bond donors (Lipinski definition) is 1. The molecule has 0 aliphatic heterocycles. The van der Waals surface area contributed by atoms with Crippen LogP contribution in [0.15, 0.2) is 12.1 Å². The number of thiophene rings is 1. The van der Waals surface area contributed by atoms with Crippen molar-refractivity contribution >= 4 is 17.2 Å². The van der Waals surface area contributed by atoms with Gasteiger partial charge in [-0.3, -0.25) is 4.79 Å². The van der Waals surface area contributed by atoms with E-state index in [9.17, 15) is 4.79 Å². The van der Waals surface area contributed by atoms with Crippen LogP contribution in [0, 0.1) is 6.92 Å². The Morgan fingerprint density at radius 3 is 2.73 bits per heavy atom. The zero-order valence-corrected chi connectivity index (χ0v) is 10.4. The van der Waals surface area contributed by atoms with Gasteiger partial charge in [0.25, 0.3) is 0 Å². The molecule has 0 spiro atoms. The third kappa shape index (κ3) is 4.44. The lowest BCUT2D eigenvalue weighted by atomic mass is 10.3. The maximum absolute atomic E-state index is 11.2. The second-order valence-electron chi connectivity index (χ2n) is 3.73. The standard InChI is InChI=1S/C11H18N2OS/c1-9-4-5-10(15-9)8-12-7-6-11(14)13(2)3/h4-5,12H,6-8H2,1-3H3. The molecule has 0 fully saturated rings. The Morgan fingerprint density at radius 2 is 2.20 bits per heavy atom. The van der Waals surface area contributed by atoms with E-state index in [2.05, 4.69) is 24.4 Å². The predicted molar refractivity (Wildman–Crippen MR) is 64.1 cm³/mol. The van der Waals surface area contributed by atoms with Gasteiger partial charge in [0.05, 0.1) is 0 Å². The second kappa shape index (κ2) is 5.88. The average Bonchev–Trinajstić information content (AvgIpc) is 2.58. The smallest absolute Gasteiger partial charge is 0.223 e. The van der Waals surface area contributed by atoms with Crippen LogP contribution in [0.25, 0.3) is 0 Å². The monoisotopic (exact) mass is 226 g/mol. The van der Waals surface area contributed by atoms with Gasteiger partial charge >= 0.3 is 0 Å². The van der Waals surface area contributed by atoms with E-state index >= 15 is 0 Å². The molecule has 1 amide bonds. The Morgan fingerprint density at radius 1 is 1.47 bits per heavy atom. The van der Waals surface area contributed by atoms with Gasteiger partial charge in [-0.2, -0.15) is 0 Å². The van der Waals surface area contributed by atoms with Crippen LogP contribution in [0.1, 0.15) is 16.2 Å². The second-order valence-corrected chi connectivity index (χ2v) is 5.10. The molecule has 1 rings (SSSR count). The Balaban J connectivity index is 2.15. The van der Waals surface area contributed by atoms with E-state index in [-0.39, 0.29) is 5.91 Å². The SMILES string of the molecule is Cc1ccc(CNCCC(=O)N(C)C)s1. The minimum atomic E-state index is 0.171. The molecule has 0 saturated carbocycles. The summed E-state index contributed by atoms with van der Waals surface area (Å²) < 4.78 is 0. The Bertz CT molecular complexity index is 320. The van der Waals surface area contributed by atoms with E-state index in [1.165, 1.54) is 9.75 Å². The molecule has 0 aliphatic rings. The van der Waals surface area contributed by atoms with Crippen LogP contribution in [-0.4, -0.2) is 31.4 Å². The van der Waals surface area contributed by atoms with Gasteiger partial charge in [-0.05, 0) is 19.1 Å². The molecule has 0 bridgehead atoms. The molecule has 0 unspecified atom stereocenters. The summed E-state index contributed by atoms with van der Waals surface area (Å²) in [6.45, 7) is 3.71. The maximum Gasteiger partial charge on any atom is 0.223 e. The van der Waals surface area contributed by atoms with Crippen LogP contribution in [0.4, 0.5) is 0 Å². The minimum absolute atomic E-state index is 0.171. The molecule has 1 N–H and O–H groups in total. The van der Waals surface area contributed by atoms with E-state index in [1.807, 2.05) is 0 Å². The quantitative estimate of drug-likeness (QED) is 0.774. The highest BCUT2D eigenvalue weighted by Crippen LogP contribution is 2.14. The Hall–Kier alpha value is -0.870. The molecule has 0 radical (unpaired) electrons. The number of nitrogens with zero attached hydrogens (tertiary/aromatic N) is 1. The van der Waals surface area contributed by atoms with E-state index < -0.39 is 0 Å². The fourth-order valence-electron chi connectivity index (χ4n) is 1.21. The van der Waals surface area contributed by atoms with Crippen molar-refractivity contribution in [1.82, 2.24) is 10.2 Å². The molecule has 1 aromatic rings. The zero-order chi connectivity index (χ0) is 11.3. The normalized spacial score (nSPS) is 10.3. The van der Waals surface area contributed by atoms with Gasteiger partial charge in [-0.25, -0.2) is 0 Å². The molecular weight excluding hydrogens is 208 g/mol. The lowest BCUT2D eigenvalue weighted by Crippen LogP contribution is -2.26. The predicted octanol–water partition coefficient (Wildman–Crippen LogP) is 1.62. The van der Waals surface area contributed by atoms with Gasteiger partial charge in [0.2, 0.25) is 5.91 Å². The summed E-state index contributed by atoms with van der Waals surface area (Å²) in [4.78, 5) is 15.5. The fourth-order valence-corrected chi connectivity index (χ4v) is 2.07. The number of aryl methyl sites for hydroxylation is 1. The first kappa shape index (κ1) is 12.2. The van der Waals surface area contributed by atoms with Gasteiger partial charge in [-0.15, -0.1) is 11.3 Å². The highest BCUT2D eigenvalue weighted by atomic mass is 32.1. The van der Waals surface area contributed by atoms with E-state index in [0.717, 1.165) is 13.1 Å². The molecule has 84 valence electrons. The molecule has 0 aromatic carbocycles. The van der Waals surface area contributed by atoms with E-state index in [1.54, 1.807) is 30.3 Å². The summed E-state index contributed by atoms with van der Waals surface area (Å²) in [5.74, 6) is 0.171. The molecule has 1 aromatic heterocycles. The number of nitrogens with one attached hydrogen (secondary N) is 1. The highest BCUT2D eigenvalue weighted by Gasteiger charge is 2.02. The van der Waals surface area contributed by atoms with Gasteiger partial charge < -0.3 is 10.2 Å².